The van der Waals surface area contributed by atoms with E-state index in [2.05, 4.69) is 20.5 Å². The van der Waals surface area contributed by atoms with Gasteiger partial charge in [0.15, 0.2) is 5.75 Å². The van der Waals surface area contributed by atoms with Crippen LogP contribution >= 0.6 is 23.2 Å². The highest BCUT2D eigenvalue weighted by Crippen LogP contribution is 2.35. The number of phenolic OH excluding ortho intramolecular Hbond substituents is 1. The van der Waals surface area contributed by atoms with Gasteiger partial charge in [-0.05, 0) is 24.3 Å². The minimum atomic E-state index is -0.168. The minimum absolute atomic E-state index is 0.136. The molecule has 3 aromatic rings. The van der Waals surface area contributed by atoms with Gasteiger partial charge in [0.25, 0.3) is 0 Å². The Bertz CT molecular complexity index is 822. The van der Waals surface area contributed by atoms with Crippen LogP contribution in [0.3, 0.4) is 0 Å². The van der Waals surface area contributed by atoms with Crippen LogP contribution in [0.25, 0.3) is 11.3 Å². The van der Waals surface area contributed by atoms with E-state index in [1.807, 2.05) is 30.3 Å². The number of phenols is 1. The standard InChI is InChI=1S/C17H14Cl2N4O2/c18-13-8-11(9-14(19)16(13)24)15-10-21-17(23-22-15)25-7-6-20-12-4-2-1-3-5-12/h1-5,8-10,20,24H,6-7H2. The Kier molecular flexibility index (Phi) is 5.53. The first kappa shape index (κ1) is 17.3. The summed E-state index contributed by atoms with van der Waals surface area (Å²) in [5.74, 6) is -0.168. The molecule has 0 fully saturated rings. The molecule has 0 bridgehead atoms. The second kappa shape index (κ2) is 8.00. The molecule has 0 unspecified atom stereocenters. The molecule has 128 valence electrons. The van der Waals surface area contributed by atoms with Crippen molar-refractivity contribution < 1.29 is 9.84 Å². The Morgan fingerprint density at radius 2 is 1.76 bits per heavy atom. The van der Waals surface area contributed by atoms with Gasteiger partial charge in [-0.3, -0.25) is 0 Å². The smallest absolute Gasteiger partial charge is 0.335 e. The maximum Gasteiger partial charge on any atom is 0.335 e. The SMILES string of the molecule is Oc1c(Cl)cc(-c2cnc(OCCNc3ccccc3)nn2)cc1Cl. The first-order valence-corrected chi connectivity index (χ1v) is 8.19. The average Bonchev–Trinajstić information content (AvgIpc) is 2.64. The van der Waals surface area contributed by atoms with Crippen LogP contribution in [-0.4, -0.2) is 33.4 Å². The summed E-state index contributed by atoms with van der Waals surface area (Å²) in [6.45, 7) is 1.01. The first-order chi connectivity index (χ1) is 12.1. The van der Waals surface area contributed by atoms with Gasteiger partial charge in [0, 0.05) is 17.8 Å². The van der Waals surface area contributed by atoms with Gasteiger partial charge in [-0.2, -0.15) is 0 Å². The van der Waals surface area contributed by atoms with Crippen molar-refractivity contribution in [3.63, 3.8) is 0 Å². The third kappa shape index (κ3) is 4.49. The van der Waals surface area contributed by atoms with E-state index in [0.717, 1.165) is 5.69 Å². The fourth-order valence-corrected chi connectivity index (χ4v) is 2.56. The third-order valence-electron chi connectivity index (χ3n) is 3.29. The number of halogens is 2. The van der Waals surface area contributed by atoms with E-state index in [0.29, 0.717) is 24.4 Å². The van der Waals surface area contributed by atoms with Crippen LogP contribution < -0.4 is 10.1 Å². The van der Waals surface area contributed by atoms with Crippen molar-refractivity contribution in [2.75, 3.05) is 18.5 Å². The summed E-state index contributed by atoms with van der Waals surface area (Å²) in [5.41, 5.74) is 2.09. The molecule has 0 saturated carbocycles. The molecule has 1 aromatic heterocycles. The van der Waals surface area contributed by atoms with E-state index in [9.17, 15) is 5.11 Å². The lowest BCUT2D eigenvalue weighted by Gasteiger charge is -2.07. The van der Waals surface area contributed by atoms with Crippen LogP contribution in [0.4, 0.5) is 5.69 Å². The molecule has 0 aliphatic carbocycles. The monoisotopic (exact) mass is 376 g/mol. The van der Waals surface area contributed by atoms with Crippen LogP contribution in [0.15, 0.2) is 48.7 Å². The summed E-state index contributed by atoms with van der Waals surface area (Å²) in [7, 11) is 0. The van der Waals surface area contributed by atoms with Crippen LogP contribution in [0.1, 0.15) is 0 Å². The number of benzene rings is 2. The van der Waals surface area contributed by atoms with Gasteiger partial charge in [-0.15, -0.1) is 5.10 Å². The number of hydrogen-bond donors (Lipinski definition) is 2. The Labute approximate surface area is 154 Å². The number of ether oxygens (including phenoxy) is 1. The largest absolute Gasteiger partial charge is 0.505 e. The van der Waals surface area contributed by atoms with Crippen LogP contribution in [-0.2, 0) is 0 Å². The summed E-state index contributed by atoms with van der Waals surface area (Å²) in [5, 5.41) is 21.0. The minimum Gasteiger partial charge on any atom is -0.505 e. The molecular weight excluding hydrogens is 363 g/mol. The molecule has 8 heteroatoms. The molecule has 0 radical (unpaired) electrons. The Morgan fingerprint density at radius 1 is 1.04 bits per heavy atom. The van der Waals surface area contributed by atoms with Crippen LogP contribution in [0.2, 0.25) is 10.0 Å². The molecule has 6 nitrogen and oxygen atoms in total. The second-order valence-electron chi connectivity index (χ2n) is 5.06. The van der Waals surface area contributed by atoms with E-state index >= 15 is 0 Å². The molecule has 3 rings (SSSR count). The number of nitrogens with zero attached hydrogens (tertiary/aromatic N) is 3. The fraction of sp³-hybridized carbons (Fsp3) is 0.118. The normalized spacial score (nSPS) is 10.5. The van der Waals surface area contributed by atoms with E-state index < -0.39 is 0 Å². The molecule has 0 aliphatic heterocycles. The van der Waals surface area contributed by atoms with Crippen molar-refractivity contribution in [2.24, 2.45) is 0 Å². The first-order valence-electron chi connectivity index (χ1n) is 7.43. The van der Waals surface area contributed by atoms with Crippen LogP contribution in [0, 0.1) is 0 Å². The fourth-order valence-electron chi connectivity index (χ4n) is 2.07. The number of aromatic nitrogens is 3. The van der Waals surface area contributed by atoms with E-state index in [1.165, 1.54) is 6.20 Å². The lowest BCUT2D eigenvalue weighted by atomic mass is 10.1. The van der Waals surface area contributed by atoms with Crippen LogP contribution in [0.5, 0.6) is 11.8 Å². The predicted molar refractivity (Wildman–Crippen MR) is 97.4 cm³/mol. The molecule has 0 spiro atoms. The van der Waals surface area contributed by atoms with Gasteiger partial charge in [0.05, 0.1) is 16.2 Å². The van der Waals surface area contributed by atoms with Crippen molar-refractivity contribution in [3.05, 3.63) is 58.7 Å². The number of hydrogen-bond acceptors (Lipinski definition) is 6. The van der Waals surface area contributed by atoms with Crippen molar-refractivity contribution in [2.45, 2.75) is 0 Å². The molecular formula is C17H14Cl2N4O2. The molecule has 25 heavy (non-hydrogen) atoms. The molecule has 0 amide bonds. The van der Waals surface area contributed by atoms with Gasteiger partial charge < -0.3 is 15.2 Å². The third-order valence-corrected chi connectivity index (χ3v) is 3.87. The number of nitrogens with one attached hydrogen (secondary N) is 1. The summed E-state index contributed by atoms with van der Waals surface area (Å²) in [4.78, 5) is 4.11. The number of anilines is 1. The maximum absolute atomic E-state index is 9.58. The number of aromatic hydroxyl groups is 1. The van der Waals surface area contributed by atoms with E-state index in [4.69, 9.17) is 27.9 Å². The van der Waals surface area contributed by atoms with Crippen molar-refractivity contribution in [1.82, 2.24) is 15.2 Å². The zero-order valence-corrected chi connectivity index (χ0v) is 14.5. The summed E-state index contributed by atoms with van der Waals surface area (Å²) < 4.78 is 5.45. The lowest BCUT2D eigenvalue weighted by Crippen LogP contribution is -2.13. The van der Waals surface area contributed by atoms with Crippen molar-refractivity contribution in [3.8, 4) is 23.0 Å². The molecule has 2 N–H and O–H groups in total. The quantitative estimate of drug-likeness (QED) is 0.631. The van der Waals surface area contributed by atoms with Gasteiger partial charge in [-0.1, -0.05) is 46.5 Å². The highest BCUT2D eigenvalue weighted by Gasteiger charge is 2.10. The summed E-state index contributed by atoms with van der Waals surface area (Å²) >= 11 is 11.8. The Balaban J connectivity index is 1.57. The average molecular weight is 377 g/mol. The highest BCUT2D eigenvalue weighted by atomic mass is 35.5. The highest BCUT2D eigenvalue weighted by molar-refractivity contribution is 6.37. The van der Waals surface area contributed by atoms with Crippen molar-refractivity contribution in [1.29, 1.82) is 0 Å². The van der Waals surface area contributed by atoms with Gasteiger partial charge >= 0.3 is 6.01 Å². The zero-order chi connectivity index (χ0) is 17.6. The van der Waals surface area contributed by atoms with Gasteiger partial charge in [0.2, 0.25) is 0 Å². The molecule has 0 aliphatic rings. The molecule has 2 aromatic carbocycles. The summed E-state index contributed by atoms with van der Waals surface area (Å²) in [6, 6.07) is 13.1. The van der Waals surface area contributed by atoms with E-state index in [1.54, 1.807) is 12.1 Å². The maximum atomic E-state index is 9.58. The molecule has 1 heterocycles. The molecule has 0 atom stereocenters. The topological polar surface area (TPSA) is 80.2 Å². The van der Waals surface area contributed by atoms with Crippen molar-refractivity contribution >= 4 is 28.9 Å². The number of para-hydroxylation sites is 1. The second-order valence-corrected chi connectivity index (χ2v) is 5.87. The number of rotatable bonds is 6. The van der Waals surface area contributed by atoms with Gasteiger partial charge in [0.1, 0.15) is 12.3 Å². The Morgan fingerprint density at radius 3 is 2.40 bits per heavy atom. The molecule has 0 saturated heterocycles. The predicted octanol–water partition coefficient (Wildman–Crippen LogP) is 4.04. The zero-order valence-electron chi connectivity index (χ0n) is 13.0. The summed E-state index contributed by atoms with van der Waals surface area (Å²) in [6.07, 6.45) is 1.51. The lowest BCUT2D eigenvalue weighted by molar-refractivity contribution is 0.302. The van der Waals surface area contributed by atoms with Gasteiger partial charge in [-0.25, -0.2) is 4.98 Å². The van der Waals surface area contributed by atoms with E-state index in [-0.39, 0.29) is 21.8 Å². The Hall–Kier alpha value is -2.57.